The predicted molar refractivity (Wildman–Crippen MR) is 75.0 cm³/mol. The first-order valence-corrected chi connectivity index (χ1v) is 6.54. The lowest BCUT2D eigenvalue weighted by atomic mass is 10.1. The van der Waals surface area contributed by atoms with E-state index in [0.29, 0.717) is 12.3 Å². The molecule has 0 heterocycles. The smallest absolute Gasteiger partial charge is 0.201 e. The van der Waals surface area contributed by atoms with E-state index in [-0.39, 0.29) is 5.75 Å². The second kappa shape index (κ2) is 6.48. The van der Waals surface area contributed by atoms with Crippen LogP contribution >= 0.6 is 0 Å². The molecule has 4 heteroatoms. The summed E-state index contributed by atoms with van der Waals surface area (Å²) < 4.78 is 32.3. The first kappa shape index (κ1) is 14.5. The van der Waals surface area contributed by atoms with Crippen molar-refractivity contribution in [1.82, 2.24) is 5.32 Å². The second-order valence-corrected chi connectivity index (χ2v) is 4.55. The summed E-state index contributed by atoms with van der Waals surface area (Å²) in [5.74, 6) is -1.46. The van der Waals surface area contributed by atoms with E-state index in [1.165, 1.54) is 12.1 Å². The zero-order valence-electron chi connectivity index (χ0n) is 11.5. The Hall–Kier alpha value is -1.94. The van der Waals surface area contributed by atoms with Crippen LogP contribution < -0.4 is 10.1 Å². The van der Waals surface area contributed by atoms with Crippen molar-refractivity contribution in [3.8, 4) is 11.5 Å². The Kier molecular flexibility index (Phi) is 4.69. The van der Waals surface area contributed by atoms with Crippen molar-refractivity contribution in [2.75, 3.05) is 6.54 Å². The Morgan fingerprint density at radius 1 is 1.10 bits per heavy atom. The standard InChI is InChI=1S/C16H17F2NO/c1-3-19-10-12-9-11(2)7-8-14(12)20-15-6-4-5-13(17)16(15)18/h4-9,19H,3,10H2,1-2H3. The van der Waals surface area contributed by atoms with Gasteiger partial charge in [0.2, 0.25) is 5.82 Å². The van der Waals surface area contributed by atoms with Crippen molar-refractivity contribution in [3.05, 3.63) is 59.2 Å². The van der Waals surface area contributed by atoms with Crippen LogP contribution in [-0.4, -0.2) is 6.54 Å². The van der Waals surface area contributed by atoms with Crippen molar-refractivity contribution in [2.24, 2.45) is 0 Å². The Morgan fingerprint density at radius 3 is 2.65 bits per heavy atom. The summed E-state index contributed by atoms with van der Waals surface area (Å²) >= 11 is 0. The lowest BCUT2D eigenvalue weighted by molar-refractivity contribution is 0.412. The van der Waals surface area contributed by atoms with Gasteiger partial charge in [-0.15, -0.1) is 0 Å². The van der Waals surface area contributed by atoms with E-state index in [1.807, 2.05) is 26.0 Å². The summed E-state index contributed by atoms with van der Waals surface area (Å²) in [6.07, 6.45) is 0. The molecular formula is C16H17F2NO. The summed E-state index contributed by atoms with van der Waals surface area (Å²) in [7, 11) is 0. The molecule has 0 saturated heterocycles. The lowest BCUT2D eigenvalue weighted by Crippen LogP contribution is -2.12. The van der Waals surface area contributed by atoms with Crippen LogP contribution in [0.25, 0.3) is 0 Å². The highest BCUT2D eigenvalue weighted by atomic mass is 19.2. The molecule has 0 atom stereocenters. The molecule has 0 fully saturated rings. The molecule has 0 saturated carbocycles. The topological polar surface area (TPSA) is 21.3 Å². The maximum atomic E-state index is 13.6. The van der Waals surface area contributed by atoms with Crippen LogP contribution in [0.5, 0.6) is 11.5 Å². The van der Waals surface area contributed by atoms with Gasteiger partial charge in [0.05, 0.1) is 0 Å². The number of benzene rings is 2. The Bertz CT molecular complexity index is 599. The molecule has 2 rings (SSSR count). The van der Waals surface area contributed by atoms with Crippen LogP contribution in [0.3, 0.4) is 0 Å². The molecular weight excluding hydrogens is 260 g/mol. The van der Waals surface area contributed by atoms with Gasteiger partial charge in [0, 0.05) is 12.1 Å². The SMILES string of the molecule is CCNCc1cc(C)ccc1Oc1cccc(F)c1F. The molecule has 106 valence electrons. The van der Waals surface area contributed by atoms with Gasteiger partial charge in [-0.3, -0.25) is 0 Å². The summed E-state index contributed by atoms with van der Waals surface area (Å²) in [6.45, 7) is 5.41. The average molecular weight is 277 g/mol. The minimum Gasteiger partial charge on any atom is -0.454 e. The summed E-state index contributed by atoms with van der Waals surface area (Å²) in [5.41, 5.74) is 2.00. The highest BCUT2D eigenvalue weighted by molar-refractivity contribution is 5.40. The first-order valence-electron chi connectivity index (χ1n) is 6.54. The van der Waals surface area contributed by atoms with Gasteiger partial charge in [-0.2, -0.15) is 4.39 Å². The van der Waals surface area contributed by atoms with Crippen LogP contribution in [0.4, 0.5) is 8.78 Å². The molecule has 0 unspecified atom stereocenters. The number of halogens is 2. The molecule has 0 aliphatic carbocycles. The number of nitrogens with one attached hydrogen (secondary N) is 1. The van der Waals surface area contributed by atoms with E-state index in [4.69, 9.17) is 4.74 Å². The minimum atomic E-state index is -0.970. The van der Waals surface area contributed by atoms with E-state index in [9.17, 15) is 8.78 Å². The molecule has 20 heavy (non-hydrogen) atoms. The lowest BCUT2D eigenvalue weighted by Gasteiger charge is -2.13. The number of hydrogen-bond donors (Lipinski definition) is 1. The molecule has 0 aliphatic rings. The largest absolute Gasteiger partial charge is 0.454 e. The molecule has 0 amide bonds. The third kappa shape index (κ3) is 3.33. The first-order chi connectivity index (χ1) is 9.61. The Morgan fingerprint density at radius 2 is 1.90 bits per heavy atom. The third-order valence-corrected chi connectivity index (χ3v) is 2.92. The van der Waals surface area contributed by atoms with Gasteiger partial charge in [-0.25, -0.2) is 4.39 Å². The minimum absolute atomic E-state index is 0.105. The van der Waals surface area contributed by atoms with Crippen LogP contribution in [0.15, 0.2) is 36.4 Å². The summed E-state index contributed by atoms with van der Waals surface area (Å²) in [6, 6.07) is 9.52. The van der Waals surface area contributed by atoms with Crippen LogP contribution in [0, 0.1) is 18.6 Å². The quantitative estimate of drug-likeness (QED) is 0.885. The van der Waals surface area contributed by atoms with Crippen molar-refractivity contribution < 1.29 is 13.5 Å². The van der Waals surface area contributed by atoms with Crippen LogP contribution in [0.1, 0.15) is 18.1 Å². The van der Waals surface area contributed by atoms with Gasteiger partial charge >= 0.3 is 0 Å². The summed E-state index contributed by atoms with van der Waals surface area (Å²) in [5, 5.41) is 3.20. The van der Waals surface area contributed by atoms with E-state index in [2.05, 4.69) is 5.32 Å². The van der Waals surface area contributed by atoms with Gasteiger partial charge in [-0.05, 0) is 31.7 Å². The van der Waals surface area contributed by atoms with Crippen molar-refractivity contribution >= 4 is 0 Å². The fourth-order valence-electron chi connectivity index (χ4n) is 1.89. The summed E-state index contributed by atoms with van der Waals surface area (Å²) in [4.78, 5) is 0. The van der Waals surface area contributed by atoms with Crippen molar-refractivity contribution in [1.29, 1.82) is 0 Å². The molecule has 0 spiro atoms. The Labute approximate surface area is 117 Å². The molecule has 0 aliphatic heterocycles. The zero-order chi connectivity index (χ0) is 14.5. The molecule has 0 bridgehead atoms. The van der Waals surface area contributed by atoms with E-state index >= 15 is 0 Å². The van der Waals surface area contributed by atoms with Gasteiger partial charge in [0.25, 0.3) is 0 Å². The highest BCUT2D eigenvalue weighted by Gasteiger charge is 2.12. The van der Waals surface area contributed by atoms with E-state index < -0.39 is 11.6 Å². The monoisotopic (exact) mass is 277 g/mol. The molecule has 1 N–H and O–H groups in total. The van der Waals surface area contributed by atoms with Crippen molar-refractivity contribution in [3.63, 3.8) is 0 Å². The van der Waals surface area contributed by atoms with Crippen molar-refractivity contribution in [2.45, 2.75) is 20.4 Å². The van der Waals surface area contributed by atoms with Gasteiger partial charge < -0.3 is 10.1 Å². The zero-order valence-corrected chi connectivity index (χ0v) is 11.5. The fourth-order valence-corrected chi connectivity index (χ4v) is 1.89. The average Bonchev–Trinajstić information content (AvgIpc) is 2.44. The highest BCUT2D eigenvalue weighted by Crippen LogP contribution is 2.29. The number of aryl methyl sites for hydroxylation is 1. The Balaban J connectivity index is 2.30. The second-order valence-electron chi connectivity index (χ2n) is 4.55. The van der Waals surface area contributed by atoms with Crippen LogP contribution in [0.2, 0.25) is 0 Å². The molecule has 2 nitrogen and oxygen atoms in total. The fraction of sp³-hybridized carbons (Fsp3) is 0.250. The number of ether oxygens (including phenoxy) is 1. The normalized spacial score (nSPS) is 10.6. The van der Waals surface area contributed by atoms with Gasteiger partial charge in [0.15, 0.2) is 11.6 Å². The third-order valence-electron chi connectivity index (χ3n) is 2.92. The predicted octanol–water partition coefficient (Wildman–Crippen LogP) is 4.18. The van der Waals surface area contributed by atoms with Gasteiger partial charge in [0.1, 0.15) is 5.75 Å². The molecule has 2 aromatic carbocycles. The molecule has 0 radical (unpaired) electrons. The maximum Gasteiger partial charge on any atom is 0.201 e. The van der Waals surface area contributed by atoms with Gasteiger partial charge in [-0.1, -0.05) is 30.7 Å². The van der Waals surface area contributed by atoms with E-state index in [1.54, 1.807) is 6.07 Å². The maximum absolute atomic E-state index is 13.6. The van der Waals surface area contributed by atoms with Crippen LogP contribution in [-0.2, 0) is 6.54 Å². The van der Waals surface area contributed by atoms with E-state index in [0.717, 1.165) is 23.7 Å². The molecule has 0 aromatic heterocycles. The number of rotatable bonds is 5. The molecule has 2 aromatic rings. The number of hydrogen-bond acceptors (Lipinski definition) is 2.